The number of carbonyl (C=O) groups excluding carboxylic acids is 2. The third-order valence-electron chi connectivity index (χ3n) is 14.5. The van der Waals surface area contributed by atoms with Crippen molar-refractivity contribution in [3.05, 3.63) is 122 Å². The monoisotopic (exact) mass is 1190 g/mol. The van der Waals surface area contributed by atoms with Crippen LogP contribution in [0.2, 0.25) is 0 Å². The molecule has 10 heteroatoms. The summed E-state index contributed by atoms with van der Waals surface area (Å²) in [6, 6.07) is 0. The van der Waals surface area contributed by atoms with Crippen molar-refractivity contribution in [1.29, 1.82) is 0 Å². The van der Waals surface area contributed by atoms with E-state index in [1.165, 1.54) is 141 Å². The van der Waals surface area contributed by atoms with Crippen molar-refractivity contribution in [2.75, 3.05) is 47.5 Å². The van der Waals surface area contributed by atoms with E-state index >= 15 is 0 Å². The normalized spacial score (nSPS) is 13.9. The van der Waals surface area contributed by atoms with Crippen LogP contribution in [0.4, 0.5) is 0 Å². The third kappa shape index (κ3) is 67.5. The van der Waals surface area contributed by atoms with Crippen LogP contribution in [0.15, 0.2) is 122 Å². The van der Waals surface area contributed by atoms with E-state index in [2.05, 4.69) is 135 Å². The second-order valence-electron chi connectivity index (χ2n) is 23.8. The molecule has 0 aromatic rings. The first-order valence-electron chi connectivity index (χ1n) is 34.2. The summed E-state index contributed by atoms with van der Waals surface area (Å²) in [5, 5.41) is 0. The molecule has 0 aliphatic rings. The molecular formula is C74H128NO8P. The molecule has 0 bridgehead atoms. The summed E-state index contributed by atoms with van der Waals surface area (Å²) < 4.78 is 34.3. The van der Waals surface area contributed by atoms with E-state index in [-0.39, 0.29) is 32.0 Å². The van der Waals surface area contributed by atoms with Gasteiger partial charge in [-0.05, 0) is 89.9 Å². The summed E-state index contributed by atoms with van der Waals surface area (Å²) in [6.07, 6.45) is 91.2. The van der Waals surface area contributed by atoms with Crippen LogP contribution in [0, 0.1) is 0 Å². The van der Waals surface area contributed by atoms with Gasteiger partial charge in [-0.3, -0.25) is 14.2 Å². The van der Waals surface area contributed by atoms with Crippen LogP contribution in [0.25, 0.3) is 0 Å². The average molecular weight is 1190 g/mol. The molecule has 482 valence electrons. The number of carbonyl (C=O) groups is 2. The minimum absolute atomic E-state index is 0.0363. The predicted molar refractivity (Wildman–Crippen MR) is 360 cm³/mol. The van der Waals surface area contributed by atoms with Gasteiger partial charge >= 0.3 is 11.9 Å². The van der Waals surface area contributed by atoms with Crippen molar-refractivity contribution in [2.45, 2.75) is 290 Å². The minimum atomic E-state index is -4.65. The number of likely N-dealkylation sites (N-methyl/N-ethyl adjacent to an activating group) is 1. The first-order valence-corrected chi connectivity index (χ1v) is 35.7. The Kier molecular flexibility index (Phi) is 61.2. The van der Waals surface area contributed by atoms with E-state index in [4.69, 9.17) is 18.5 Å². The lowest BCUT2D eigenvalue weighted by Crippen LogP contribution is -2.37. The number of allylic oxidation sites excluding steroid dienone is 20. The molecule has 0 radical (unpaired) electrons. The SMILES string of the molecule is CC/C=C\C/C=C\C/C=C\C/C=C\C/C=C\C/C=C\C/C=C\C/C=C\C/C=C\C/C=C\CCCCCCCCCCC(=O)OC(COC(=O)CCCCCCCCCCCCCCCCCCCCCCC)COP(=O)([O-])OCC[N+](C)(C)C. The molecule has 0 aromatic heterocycles. The number of esters is 2. The molecule has 0 spiro atoms. The second kappa shape index (κ2) is 63.9. The van der Waals surface area contributed by atoms with Gasteiger partial charge in [0.25, 0.3) is 7.82 Å². The predicted octanol–water partition coefficient (Wildman–Crippen LogP) is 21.6. The molecule has 0 saturated carbocycles. The van der Waals surface area contributed by atoms with Gasteiger partial charge in [0.1, 0.15) is 19.8 Å². The fraction of sp³-hybridized carbons (Fsp3) is 0.703. The van der Waals surface area contributed by atoms with Crippen molar-refractivity contribution in [3.8, 4) is 0 Å². The number of phosphoric acid groups is 1. The van der Waals surface area contributed by atoms with Crippen molar-refractivity contribution in [1.82, 2.24) is 0 Å². The Morgan fingerprint density at radius 2 is 0.679 bits per heavy atom. The Hall–Kier alpha value is -3.59. The third-order valence-corrected chi connectivity index (χ3v) is 15.5. The molecule has 0 rings (SSSR count). The molecule has 84 heavy (non-hydrogen) atoms. The highest BCUT2D eigenvalue weighted by atomic mass is 31.2. The van der Waals surface area contributed by atoms with Crippen molar-refractivity contribution in [3.63, 3.8) is 0 Å². The van der Waals surface area contributed by atoms with E-state index in [1.807, 2.05) is 21.1 Å². The molecule has 0 aromatic carbocycles. The number of hydrogen-bond donors (Lipinski definition) is 0. The summed E-state index contributed by atoms with van der Waals surface area (Å²) in [4.78, 5) is 38.0. The first kappa shape index (κ1) is 80.4. The van der Waals surface area contributed by atoms with Gasteiger partial charge in [-0.2, -0.15) is 0 Å². The molecule has 0 aliphatic carbocycles. The molecule has 0 saturated heterocycles. The fourth-order valence-electron chi connectivity index (χ4n) is 9.27. The lowest BCUT2D eigenvalue weighted by Gasteiger charge is -2.28. The highest BCUT2D eigenvalue weighted by Gasteiger charge is 2.22. The fourth-order valence-corrected chi connectivity index (χ4v) is 10.0. The molecule has 2 atom stereocenters. The average Bonchev–Trinajstić information content (AvgIpc) is 3.61. The lowest BCUT2D eigenvalue weighted by atomic mass is 10.0. The van der Waals surface area contributed by atoms with Gasteiger partial charge in [0, 0.05) is 12.8 Å². The second-order valence-corrected chi connectivity index (χ2v) is 25.2. The molecule has 2 unspecified atom stereocenters. The number of ether oxygens (including phenoxy) is 2. The molecule has 0 fully saturated rings. The van der Waals surface area contributed by atoms with E-state index in [9.17, 15) is 19.0 Å². The highest BCUT2D eigenvalue weighted by molar-refractivity contribution is 7.45. The molecule has 0 heterocycles. The Labute approximate surface area is 518 Å². The van der Waals surface area contributed by atoms with Crippen LogP contribution in [0.5, 0.6) is 0 Å². The Bertz CT molecular complexity index is 1830. The van der Waals surface area contributed by atoms with Gasteiger partial charge in [-0.25, -0.2) is 0 Å². The number of hydrogen-bond acceptors (Lipinski definition) is 8. The zero-order valence-electron chi connectivity index (χ0n) is 54.8. The summed E-state index contributed by atoms with van der Waals surface area (Å²) in [5.74, 6) is -0.839. The summed E-state index contributed by atoms with van der Waals surface area (Å²) in [5.41, 5.74) is 0. The lowest BCUT2D eigenvalue weighted by molar-refractivity contribution is -0.870. The van der Waals surface area contributed by atoms with E-state index in [1.54, 1.807) is 0 Å². The number of unbranched alkanes of at least 4 members (excludes halogenated alkanes) is 28. The maximum Gasteiger partial charge on any atom is 0.306 e. The number of phosphoric ester groups is 1. The Balaban J connectivity index is 4.11. The van der Waals surface area contributed by atoms with E-state index in [0.29, 0.717) is 17.4 Å². The first-order chi connectivity index (χ1) is 41.0. The molecular weight excluding hydrogens is 1060 g/mol. The van der Waals surface area contributed by atoms with Gasteiger partial charge < -0.3 is 27.9 Å². The number of nitrogens with zero attached hydrogens (tertiary/aromatic N) is 1. The Morgan fingerprint density at radius 3 is 1.01 bits per heavy atom. The van der Waals surface area contributed by atoms with Crippen LogP contribution in [0.3, 0.4) is 0 Å². The number of quaternary nitrogens is 1. The van der Waals surface area contributed by atoms with E-state index < -0.39 is 26.5 Å². The van der Waals surface area contributed by atoms with Crippen molar-refractivity contribution in [2.24, 2.45) is 0 Å². The smallest absolute Gasteiger partial charge is 0.306 e. The largest absolute Gasteiger partial charge is 0.756 e. The maximum absolute atomic E-state index is 12.9. The minimum Gasteiger partial charge on any atom is -0.756 e. The summed E-state index contributed by atoms with van der Waals surface area (Å²) in [6.45, 7) is 4.14. The Morgan fingerprint density at radius 1 is 0.381 bits per heavy atom. The van der Waals surface area contributed by atoms with Gasteiger partial charge in [0.2, 0.25) is 0 Å². The van der Waals surface area contributed by atoms with Crippen molar-refractivity contribution < 1.29 is 42.1 Å². The quantitative estimate of drug-likeness (QED) is 0.0195. The van der Waals surface area contributed by atoms with Crippen LogP contribution in [-0.4, -0.2) is 70.0 Å². The highest BCUT2D eigenvalue weighted by Crippen LogP contribution is 2.38. The van der Waals surface area contributed by atoms with Crippen LogP contribution in [-0.2, 0) is 32.7 Å². The van der Waals surface area contributed by atoms with E-state index in [0.717, 1.165) is 109 Å². The molecule has 9 nitrogen and oxygen atoms in total. The summed E-state index contributed by atoms with van der Waals surface area (Å²) >= 11 is 0. The summed E-state index contributed by atoms with van der Waals surface area (Å²) in [7, 11) is 1.16. The van der Waals surface area contributed by atoms with Crippen molar-refractivity contribution >= 4 is 19.8 Å². The van der Waals surface area contributed by atoms with Gasteiger partial charge in [-0.1, -0.05) is 302 Å². The topological polar surface area (TPSA) is 111 Å². The van der Waals surface area contributed by atoms with Crippen LogP contribution >= 0.6 is 7.82 Å². The van der Waals surface area contributed by atoms with Crippen LogP contribution in [0.1, 0.15) is 284 Å². The molecule has 0 aliphatic heterocycles. The zero-order valence-corrected chi connectivity index (χ0v) is 55.7. The van der Waals surface area contributed by atoms with Gasteiger partial charge in [-0.15, -0.1) is 0 Å². The zero-order chi connectivity index (χ0) is 61.2. The standard InChI is InChI=1S/C74H128NO8P/c1-6-8-10-12-14-16-18-20-22-24-26-28-29-30-31-32-33-34-35-36-37-38-39-40-41-42-43-44-45-47-49-51-53-55-57-59-61-63-65-67-74(77)83-72(71-82-84(78,79)81-69-68-75(3,4)5)70-80-73(76)66-64-62-60-58-56-54-52-50-48-46-27-25-23-21-19-17-15-13-11-9-7-2/h8,10,14,16,20,22,26,28,30-31,33-34,36-37,39-40,42-43,45,47,72H,6-7,9,11-13,15,17-19,21,23-25,27,29,32,35,38,41,44,46,48-71H2,1-5H3/b10-8-,16-14-,22-20-,28-26-,31-30-,34-33-,37-36-,40-39-,43-42-,47-45-. The molecule has 0 amide bonds. The molecule has 0 N–H and O–H groups in total. The number of rotatable bonds is 62. The van der Waals surface area contributed by atoms with Gasteiger partial charge in [0.15, 0.2) is 6.10 Å². The maximum atomic E-state index is 12.9. The van der Waals surface area contributed by atoms with Gasteiger partial charge in [0.05, 0.1) is 27.7 Å². The van der Waals surface area contributed by atoms with Crippen LogP contribution < -0.4 is 4.89 Å².